The van der Waals surface area contributed by atoms with E-state index in [2.05, 4.69) is 20.0 Å². The fourth-order valence-electron chi connectivity index (χ4n) is 4.16. The fraction of sp³-hybridized carbons (Fsp3) is 0.280. The average Bonchev–Trinajstić information content (AvgIpc) is 3.36. The van der Waals surface area contributed by atoms with Crippen LogP contribution in [-0.4, -0.2) is 56.7 Å². The summed E-state index contributed by atoms with van der Waals surface area (Å²) in [4.78, 5) is 26.2. The number of piperazine rings is 1. The van der Waals surface area contributed by atoms with E-state index < -0.39 is 0 Å². The van der Waals surface area contributed by atoms with E-state index in [-0.39, 0.29) is 5.91 Å². The van der Waals surface area contributed by atoms with Crippen LogP contribution in [-0.2, 0) is 0 Å². The molecule has 8 nitrogen and oxygen atoms in total. The van der Waals surface area contributed by atoms with Gasteiger partial charge in [-0.05, 0) is 61.4 Å². The molecule has 1 aliphatic heterocycles. The molecule has 0 bridgehead atoms. The van der Waals surface area contributed by atoms with Gasteiger partial charge in [0.05, 0.1) is 0 Å². The normalized spacial score (nSPS) is 16.2. The molecule has 0 radical (unpaired) electrons. The molecule has 1 saturated heterocycles. The van der Waals surface area contributed by atoms with Crippen molar-refractivity contribution in [3.05, 3.63) is 78.6 Å². The molecule has 3 aromatic heterocycles. The maximum Gasteiger partial charge on any atom is 0.253 e. The van der Waals surface area contributed by atoms with E-state index in [0.29, 0.717) is 30.4 Å². The van der Waals surface area contributed by atoms with Crippen LogP contribution in [0, 0.1) is 0 Å². The van der Waals surface area contributed by atoms with Crippen LogP contribution in [0.1, 0.15) is 35.0 Å². The van der Waals surface area contributed by atoms with Gasteiger partial charge in [0.1, 0.15) is 5.82 Å². The predicted octanol–water partition coefficient (Wildman–Crippen LogP) is 3.76. The quantitative estimate of drug-likeness (QED) is 0.470. The largest absolute Gasteiger partial charge is 0.353 e. The van der Waals surface area contributed by atoms with Crippen molar-refractivity contribution >= 4 is 11.7 Å². The number of hydrogen-bond acceptors (Lipinski definition) is 6. The zero-order chi connectivity index (χ0) is 22.2. The van der Waals surface area contributed by atoms with Gasteiger partial charge in [-0.25, -0.2) is 4.98 Å². The van der Waals surface area contributed by atoms with Crippen molar-refractivity contribution < 1.29 is 9.32 Å². The minimum Gasteiger partial charge on any atom is -0.353 e. The summed E-state index contributed by atoms with van der Waals surface area (Å²) in [7, 11) is 0. The highest BCUT2D eigenvalue weighted by atomic mass is 16.5. The summed E-state index contributed by atoms with van der Waals surface area (Å²) in [6, 6.07) is 15.7. The van der Waals surface area contributed by atoms with Gasteiger partial charge in [0.25, 0.3) is 5.91 Å². The lowest BCUT2D eigenvalue weighted by Gasteiger charge is -2.35. The maximum absolute atomic E-state index is 13.0. The predicted molar refractivity (Wildman–Crippen MR) is 123 cm³/mol. The Morgan fingerprint density at radius 1 is 0.939 bits per heavy atom. The number of nitrogens with zero attached hydrogens (tertiary/aromatic N) is 6. The Labute approximate surface area is 191 Å². The first-order valence-electron chi connectivity index (χ1n) is 11.3. The van der Waals surface area contributed by atoms with Gasteiger partial charge in [-0.15, -0.1) is 0 Å². The first-order chi connectivity index (χ1) is 16.2. The number of anilines is 1. The monoisotopic (exact) mass is 440 g/mol. The van der Waals surface area contributed by atoms with Crippen molar-refractivity contribution in [2.75, 3.05) is 31.1 Å². The summed E-state index contributed by atoms with van der Waals surface area (Å²) in [5, 5.41) is 4.08. The molecule has 0 N–H and O–H groups in total. The summed E-state index contributed by atoms with van der Waals surface area (Å²) in [6.07, 6.45) is 8.04. The summed E-state index contributed by atoms with van der Waals surface area (Å²) in [5.74, 6) is 2.73. The van der Waals surface area contributed by atoms with Crippen LogP contribution in [0.4, 0.5) is 5.82 Å². The zero-order valence-electron chi connectivity index (χ0n) is 18.2. The zero-order valence-corrected chi connectivity index (χ0v) is 18.2. The Hall–Kier alpha value is -3.94. The lowest BCUT2D eigenvalue weighted by molar-refractivity contribution is 0.0746. The average molecular weight is 441 g/mol. The highest BCUT2D eigenvalue weighted by Gasteiger charge is 2.30. The standard InChI is InChI=1S/C25H24N6O2/c32-25(19-5-8-21(9-6-19)29-11-1-2-12-29)31-15-13-30(14-16-31)22-10-7-20(17-26-22)23-27-24(33-28-23)18-3-4-18/h1-2,5-12,17-18H,3-4,13-16H2. The summed E-state index contributed by atoms with van der Waals surface area (Å²) >= 11 is 0. The second-order valence-corrected chi connectivity index (χ2v) is 8.55. The third-order valence-electron chi connectivity index (χ3n) is 6.28. The Morgan fingerprint density at radius 3 is 2.36 bits per heavy atom. The minimum atomic E-state index is 0.0700. The van der Waals surface area contributed by atoms with E-state index in [0.717, 1.165) is 48.9 Å². The number of amides is 1. The van der Waals surface area contributed by atoms with Crippen LogP contribution in [0.3, 0.4) is 0 Å². The van der Waals surface area contributed by atoms with Crippen molar-refractivity contribution in [3.8, 4) is 17.1 Å². The van der Waals surface area contributed by atoms with E-state index in [1.807, 2.05) is 70.4 Å². The topological polar surface area (TPSA) is 80.3 Å². The van der Waals surface area contributed by atoms with Crippen LogP contribution in [0.2, 0.25) is 0 Å². The summed E-state index contributed by atoms with van der Waals surface area (Å²) in [6.45, 7) is 2.82. The van der Waals surface area contributed by atoms with Crippen LogP contribution in [0.5, 0.6) is 0 Å². The number of carbonyl (C=O) groups excluding carboxylic acids is 1. The molecule has 2 aliphatic rings. The first kappa shape index (κ1) is 19.7. The molecular formula is C25H24N6O2. The molecule has 2 fully saturated rings. The van der Waals surface area contributed by atoms with Gasteiger partial charge in [0, 0.05) is 67.5 Å². The Balaban J connectivity index is 1.07. The molecule has 4 aromatic rings. The number of hydrogen-bond donors (Lipinski definition) is 0. The molecule has 166 valence electrons. The Bertz CT molecular complexity index is 1240. The lowest BCUT2D eigenvalue weighted by Crippen LogP contribution is -2.49. The minimum absolute atomic E-state index is 0.0700. The van der Waals surface area contributed by atoms with E-state index in [1.165, 1.54) is 0 Å². The van der Waals surface area contributed by atoms with E-state index >= 15 is 0 Å². The van der Waals surface area contributed by atoms with Crippen LogP contribution in [0.15, 0.2) is 71.6 Å². The number of rotatable bonds is 5. The Morgan fingerprint density at radius 2 is 1.70 bits per heavy atom. The third-order valence-corrected chi connectivity index (χ3v) is 6.28. The molecule has 1 aliphatic carbocycles. The van der Waals surface area contributed by atoms with Crippen LogP contribution < -0.4 is 4.90 Å². The van der Waals surface area contributed by atoms with Gasteiger partial charge >= 0.3 is 0 Å². The number of carbonyl (C=O) groups is 1. The van der Waals surface area contributed by atoms with Gasteiger partial charge in [0.15, 0.2) is 0 Å². The van der Waals surface area contributed by atoms with Gasteiger partial charge in [-0.2, -0.15) is 4.98 Å². The van der Waals surface area contributed by atoms with E-state index in [9.17, 15) is 4.79 Å². The summed E-state index contributed by atoms with van der Waals surface area (Å²) in [5.41, 5.74) is 2.61. The molecule has 0 spiro atoms. The van der Waals surface area contributed by atoms with E-state index in [4.69, 9.17) is 4.52 Å². The molecule has 0 atom stereocenters. The van der Waals surface area contributed by atoms with Crippen molar-refractivity contribution in [1.82, 2.24) is 24.6 Å². The molecule has 33 heavy (non-hydrogen) atoms. The molecule has 8 heteroatoms. The van der Waals surface area contributed by atoms with Crippen LogP contribution >= 0.6 is 0 Å². The smallest absolute Gasteiger partial charge is 0.253 e. The van der Waals surface area contributed by atoms with Gasteiger partial charge in [-0.1, -0.05) is 5.16 Å². The number of pyridine rings is 1. The number of benzene rings is 1. The van der Waals surface area contributed by atoms with E-state index in [1.54, 1.807) is 6.20 Å². The highest BCUT2D eigenvalue weighted by molar-refractivity contribution is 5.94. The number of aromatic nitrogens is 4. The van der Waals surface area contributed by atoms with Gasteiger partial charge in [-0.3, -0.25) is 4.79 Å². The second-order valence-electron chi connectivity index (χ2n) is 8.55. The van der Waals surface area contributed by atoms with Crippen molar-refractivity contribution in [1.29, 1.82) is 0 Å². The molecule has 1 saturated carbocycles. The van der Waals surface area contributed by atoms with Crippen molar-refractivity contribution in [2.24, 2.45) is 0 Å². The Kier molecular flexibility index (Phi) is 4.90. The molecule has 0 unspecified atom stereocenters. The lowest BCUT2D eigenvalue weighted by atomic mass is 10.1. The van der Waals surface area contributed by atoms with Crippen molar-refractivity contribution in [2.45, 2.75) is 18.8 Å². The van der Waals surface area contributed by atoms with Gasteiger partial charge < -0.3 is 18.9 Å². The van der Waals surface area contributed by atoms with Crippen molar-refractivity contribution in [3.63, 3.8) is 0 Å². The maximum atomic E-state index is 13.0. The fourth-order valence-corrected chi connectivity index (χ4v) is 4.16. The molecule has 1 aromatic carbocycles. The molecule has 4 heterocycles. The van der Waals surface area contributed by atoms with Crippen LogP contribution in [0.25, 0.3) is 17.1 Å². The first-order valence-corrected chi connectivity index (χ1v) is 11.3. The molecular weight excluding hydrogens is 416 g/mol. The molecule has 6 rings (SSSR count). The third kappa shape index (κ3) is 4.00. The summed E-state index contributed by atoms with van der Waals surface area (Å²) < 4.78 is 7.37. The highest BCUT2D eigenvalue weighted by Crippen LogP contribution is 2.39. The second kappa shape index (κ2) is 8.20. The molecule has 1 amide bonds. The SMILES string of the molecule is O=C(c1ccc(-n2cccc2)cc1)N1CCN(c2ccc(-c3noc(C4CC4)n3)cn2)CC1. The van der Waals surface area contributed by atoms with Gasteiger partial charge in [0.2, 0.25) is 11.7 Å².